The number of pyridine rings is 1. The van der Waals surface area contributed by atoms with E-state index in [9.17, 15) is 10.1 Å². The number of hydrogen-bond acceptors (Lipinski definition) is 7. The Morgan fingerprint density at radius 1 is 1.14 bits per heavy atom. The topological polar surface area (TPSA) is 105 Å². The number of rotatable bonds is 4. The molecule has 3 heterocycles. The van der Waals surface area contributed by atoms with Gasteiger partial charge in [0.2, 0.25) is 5.88 Å². The Hall–Kier alpha value is -4.02. The first-order valence-corrected chi connectivity index (χ1v) is 12.2. The van der Waals surface area contributed by atoms with E-state index in [1.165, 1.54) is 0 Å². The first-order valence-electron chi connectivity index (χ1n) is 11.8. The van der Waals surface area contributed by atoms with Crippen LogP contribution in [0.1, 0.15) is 42.0 Å². The standard InChI is InChI=1S/C28H25ClN4O3/c1-5-33(6-2)16-7-8-17-22(11-16)35-28(34)24-23(20(13-30)27(31)36-25(17)24)19-12-18-15(4)9-14(3)10-21(18)32-26(19)29/h7-12,23H,5-6,31H2,1-4H3/t23-/m0/s1. The van der Waals surface area contributed by atoms with Crippen molar-refractivity contribution in [1.29, 1.82) is 5.26 Å². The Bertz CT molecular complexity index is 1680. The largest absolute Gasteiger partial charge is 0.439 e. The van der Waals surface area contributed by atoms with Gasteiger partial charge in [-0.1, -0.05) is 17.7 Å². The van der Waals surface area contributed by atoms with E-state index in [1.807, 2.05) is 50.2 Å². The minimum atomic E-state index is -0.882. The number of nitriles is 1. The molecule has 0 radical (unpaired) electrons. The summed E-state index contributed by atoms with van der Waals surface area (Å²) in [6, 6.07) is 13.6. The number of allylic oxidation sites excluding steroid dienone is 1. The van der Waals surface area contributed by atoms with E-state index in [-0.39, 0.29) is 27.9 Å². The highest BCUT2D eigenvalue weighted by atomic mass is 35.5. The Kier molecular flexibility index (Phi) is 5.85. The van der Waals surface area contributed by atoms with Gasteiger partial charge in [0.25, 0.3) is 0 Å². The Labute approximate surface area is 213 Å². The van der Waals surface area contributed by atoms with Gasteiger partial charge in [-0.05, 0) is 63.1 Å². The lowest BCUT2D eigenvalue weighted by atomic mass is 9.83. The normalized spacial score (nSPS) is 15.1. The number of ether oxygens (including phenoxy) is 1. The van der Waals surface area contributed by atoms with Crippen LogP contribution in [0.4, 0.5) is 5.69 Å². The van der Waals surface area contributed by atoms with Crippen LogP contribution in [-0.2, 0) is 0 Å². The van der Waals surface area contributed by atoms with Crippen molar-refractivity contribution in [2.24, 2.45) is 5.73 Å². The van der Waals surface area contributed by atoms with E-state index in [4.69, 9.17) is 26.5 Å². The number of anilines is 1. The first kappa shape index (κ1) is 23.7. The molecule has 1 aliphatic rings. The van der Waals surface area contributed by atoms with Crippen LogP contribution in [0.25, 0.3) is 21.9 Å². The zero-order chi connectivity index (χ0) is 25.7. The molecule has 0 bridgehead atoms. The van der Waals surface area contributed by atoms with Crippen molar-refractivity contribution in [1.82, 2.24) is 4.98 Å². The number of nitrogens with two attached hydrogens (primary N) is 1. The highest BCUT2D eigenvalue weighted by molar-refractivity contribution is 6.30. The second-order valence-corrected chi connectivity index (χ2v) is 9.28. The van der Waals surface area contributed by atoms with Crippen LogP contribution in [0.2, 0.25) is 5.15 Å². The molecule has 8 heteroatoms. The summed E-state index contributed by atoms with van der Waals surface area (Å²) in [6.45, 7) is 9.71. The summed E-state index contributed by atoms with van der Waals surface area (Å²) in [5.74, 6) is -0.691. The average Bonchev–Trinajstić information content (AvgIpc) is 2.83. The van der Waals surface area contributed by atoms with Crippen LogP contribution in [0.3, 0.4) is 0 Å². The lowest BCUT2D eigenvalue weighted by Gasteiger charge is -2.27. The van der Waals surface area contributed by atoms with E-state index in [0.29, 0.717) is 16.5 Å². The maximum atomic E-state index is 13.4. The smallest absolute Gasteiger partial charge is 0.344 e. The fourth-order valence-electron chi connectivity index (χ4n) is 5.03. The summed E-state index contributed by atoms with van der Waals surface area (Å²) in [5.41, 5.74) is 10.5. The molecule has 36 heavy (non-hydrogen) atoms. The van der Waals surface area contributed by atoms with Gasteiger partial charge in [0, 0.05) is 35.8 Å². The monoisotopic (exact) mass is 500 g/mol. The van der Waals surface area contributed by atoms with Crippen molar-refractivity contribution in [3.05, 3.63) is 85.7 Å². The molecule has 0 fully saturated rings. The number of nitrogens with zero attached hydrogens (tertiary/aromatic N) is 3. The van der Waals surface area contributed by atoms with E-state index in [1.54, 1.807) is 0 Å². The lowest BCUT2D eigenvalue weighted by Crippen LogP contribution is -2.27. The number of aromatic nitrogens is 1. The molecule has 1 aliphatic heterocycles. The van der Waals surface area contributed by atoms with Gasteiger partial charge in [0.05, 0.1) is 22.4 Å². The van der Waals surface area contributed by atoms with Gasteiger partial charge in [0.15, 0.2) is 5.75 Å². The zero-order valence-corrected chi connectivity index (χ0v) is 21.2. The number of aryl methyl sites for hydroxylation is 2. The third-order valence-electron chi connectivity index (χ3n) is 6.76. The molecule has 182 valence electrons. The third kappa shape index (κ3) is 3.66. The van der Waals surface area contributed by atoms with Gasteiger partial charge < -0.3 is 19.8 Å². The summed E-state index contributed by atoms with van der Waals surface area (Å²) in [4.78, 5) is 20.2. The van der Waals surface area contributed by atoms with E-state index >= 15 is 0 Å². The lowest BCUT2D eigenvalue weighted by molar-refractivity contribution is 0.388. The van der Waals surface area contributed by atoms with Crippen LogP contribution in [0, 0.1) is 25.2 Å². The summed E-state index contributed by atoms with van der Waals surface area (Å²) in [6.07, 6.45) is 0. The summed E-state index contributed by atoms with van der Waals surface area (Å²) >= 11 is 6.67. The fraction of sp³-hybridized carbons (Fsp3) is 0.250. The minimum Gasteiger partial charge on any atom is -0.439 e. The molecule has 0 aliphatic carbocycles. The van der Waals surface area contributed by atoms with Gasteiger partial charge in [-0.3, -0.25) is 0 Å². The summed E-state index contributed by atoms with van der Waals surface area (Å²) in [7, 11) is 0. The van der Waals surface area contributed by atoms with Gasteiger partial charge >= 0.3 is 5.63 Å². The molecule has 0 unspecified atom stereocenters. The second-order valence-electron chi connectivity index (χ2n) is 8.93. The van der Waals surface area contributed by atoms with Crippen LogP contribution < -0.4 is 21.0 Å². The quantitative estimate of drug-likeness (QED) is 0.284. The van der Waals surface area contributed by atoms with Crippen LogP contribution in [0.5, 0.6) is 5.75 Å². The maximum absolute atomic E-state index is 13.4. The predicted molar refractivity (Wildman–Crippen MR) is 142 cm³/mol. The van der Waals surface area contributed by atoms with Gasteiger partial charge in [0.1, 0.15) is 22.4 Å². The van der Waals surface area contributed by atoms with Crippen molar-refractivity contribution in [2.75, 3.05) is 18.0 Å². The molecular formula is C28H25ClN4O3. The van der Waals surface area contributed by atoms with E-state index in [0.717, 1.165) is 40.8 Å². The third-order valence-corrected chi connectivity index (χ3v) is 7.06. The molecule has 7 nitrogen and oxygen atoms in total. The molecule has 0 spiro atoms. The van der Waals surface area contributed by atoms with Gasteiger partial charge in [-0.25, -0.2) is 9.78 Å². The minimum absolute atomic E-state index is 0.0773. The number of halogens is 1. The number of hydrogen-bond donors (Lipinski definition) is 1. The Morgan fingerprint density at radius 3 is 2.58 bits per heavy atom. The molecule has 2 N–H and O–H groups in total. The van der Waals surface area contributed by atoms with E-state index < -0.39 is 11.5 Å². The number of fused-ring (bicyclic) bond motifs is 4. The van der Waals surface area contributed by atoms with Crippen molar-refractivity contribution in [3.8, 4) is 11.8 Å². The van der Waals surface area contributed by atoms with Crippen molar-refractivity contribution < 1.29 is 9.15 Å². The van der Waals surface area contributed by atoms with Crippen LogP contribution >= 0.6 is 11.6 Å². The summed E-state index contributed by atoms with van der Waals surface area (Å²) < 4.78 is 11.7. The van der Waals surface area contributed by atoms with E-state index in [2.05, 4.69) is 29.8 Å². The zero-order valence-electron chi connectivity index (χ0n) is 20.5. The number of benzene rings is 2. The molecule has 2 aromatic heterocycles. The summed E-state index contributed by atoms with van der Waals surface area (Å²) in [5, 5.41) is 11.6. The molecule has 0 saturated heterocycles. The Balaban J connectivity index is 1.80. The molecule has 0 amide bonds. The van der Waals surface area contributed by atoms with Gasteiger partial charge in [-0.15, -0.1) is 0 Å². The second kappa shape index (κ2) is 8.89. The molecule has 1 atom stereocenters. The molecule has 2 aromatic carbocycles. The van der Waals surface area contributed by atoms with Crippen molar-refractivity contribution in [3.63, 3.8) is 0 Å². The highest BCUT2D eigenvalue weighted by Crippen LogP contribution is 2.46. The highest BCUT2D eigenvalue weighted by Gasteiger charge is 2.37. The fourth-order valence-corrected chi connectivity index (χ4v) is 5.28. The predicted octanol–water partition coefficient (Wildman–Crippen LogP) is 5.68. The molecule has 4 aromatic rings. The SMILES string of the molecule is CCN(CC)c1ccc2c3c(c(=O)oc2c1)[C@@H](c1cc2c(C)cc(C)cc2nc1Cl)C(C#N)=C(N)O3. The molecular weight excluding hydrogens is 476 g/mol. The first-order chi connectivity index (χ1) is 17.3. The maximum Gasteiger partial charge on any atom is 0.344 e. The van der Waals surface area contributed by atoms with Crippen LogP contribution in [0.15, 0.2) is 57.1 Å². The van der Waals surface area contributed by atoms with Crippen LogP contribution in [-0.4, -0.2) is 18.1 Å². The molecule has 5 rings (SSSR count). The average molecular weight is 501 g/mol. The van der Waals surface area contributed by atoms with Crippen molar-refractivity contribution >= 4 is 39.2 Å². The van der Waals surface area contributed by atoms with Gasteiger partial charge in [-0.2, -0.15) is 5.26 Å². The van der Waals surface area contributed by atoms with Crippen molar-refractivity contribution in [2.45, 2.75) is 33.6 Å². The Morgan fingerprint density at radius 2 is 1.89 bits per heavy atom. The molecule has 0 saturated carbocycles.